The second kappa shape index (κ2) is 8.26. The Labute approximate surface area is 149 Å². The highest BCUT2D eigenvalue weighted by Crippen LogP contribution is 2.37. The van der Waals surface area contributed by atoms with Gasteiger partial charge in [-0.25, -0.2) is 0 Å². The van der Waals surface area contributed by atoms with Gasteiger partial charge in [-0.05, 0) is 60.3 Å². The predicted octanol–water partition coefficient (Wildman–Crippen LogP) is 6.17. The van der Waals surface area contributed by atoms with Crippen LogP contribution in [0, 0.1) is 23.2 Å². The van der Waals surface area contributed by atoms with Crippen molar-refractivity contribution in [3.05, 3.63) is 59.5 Å². The number of rotatable bonds is 6. The van der Waals surface area contributed by atoms with Crippen LogP contribution in [0.25, 0.3) is 4.91 Å². The predicted molar refractivity (Wildman–Crippen MR) is 104 cm³/mol. The Hall–Kier alpha value is -1.92. The zero-order valence-electron chi connectivity index (χ0n) is 14.7. The minimum absolute atomic E-state index is 0.227. The monoisotopic (exact) mass is 339 g/mol. The number of benzene rings is 1. The van der Waals surface area contributed by atoms with Gasteiger partial charge in [0.05, 0.1) is 11.6 Å². The lowest BCUT2D eigenvalue weighted by molar-refractivity contribution is 0.155. The van der Waals surface area contributed by atoms with Gasteiger partial charge in [-0.3, -0.25) is 0 Å². The van der Waals surface area contributed by atoms with Gasteiger partial charge >= 0.3 is 0 Å². The summed E-state index contributed by atoms with van der Waals surface area (Å²) in [5, 5.41) is 9.32. The lowest BCUT2D eigenvalue weighted by Gasteiger charge is -2.21. The molecule has 0 aliphatic heterocycles. The Bertz CT molecular complexity index is 698. The van der Waals surface area contributed by atoms with E-state index in [1.54, 1.807) is 17.8 Å². The molecule has 1 aliphatic carbocycles. The van der Waals surface area contributed by atoms with Crippen LogP contribution in [0.15, 0.2) is 48.4 Å². The van der Waals surface area contributed by atoms with Gasteiger partial charge in [-0.2, -0.15) is 5.26 Å². The van der Waals surface area contributed by atoms with Crippen LogP contribution in [0.5, 0.6) is 5.75 Å². The van der Waals surface area contributed by atoms with Gasteiger partial charge in [0.15, 0.2) is 0 Å². The first-order valence-electron chi connectivity index (χ1n) is 8.33. The largest absolute Gasteiger partial charge is 0.490 e. The van der Waals surface area contributed by atoms with E-state index in [1.165, 1.54) is 6.42 Å². The average molecular weight is 340 g/mol. The second-order valence-corrected chi connectivity index (χ2v) is 7.81. The molecule has 2 rings (SSSR count). The summed E-state index contributed by atoms with van der Waals surface area (Å²) in [6.45, 7) is 14.4. The van der Waals surface area contributed by atoms with Crippen molar-refractivity contribution in [3.8, 4) is 11.8 Å². The Morgan fingerprint density at radius 1 is 1.33 bits per heavy atom. The van der Waals surface area contributed by atoms with E-state index < -0.39 is 0 Å². The molecule has 0 N–H and O–H groups in total. The number of nitriles is 1. The Morgan fingerprint density at radius 2 is 2.08 bits per heavy atom. The zero-order chi connectivity index (χ0) is 17.7. The number of nitrogens with zero attached hydrogens (tertiary/aromatic N) is 1. The molecule has 0 aromatic heterocycles. The number of ether oxygens (including phenoxy) is 1. The van der Waals surface area contributed by atoms with E-state index in [0.29, 0.717) is 17.4 Å². The zero-order valence-corrected chi connectivity index (χ0v) is 15.5. The van der Waals surface area contributed by atoms with Crippen molar-refractivity contribution < 1.29 is 4.74 Å². The van der Waals surface area contributed by atoms with Gasteiger partial charge in [-0.15, -0.1) is 0 Å². The van der Waals surface area contributed by atoms with Crippen LogP contribution >= 0.6 is 11.8 Å². The summed E-state index contributed by atoms with van der Waals surface area (Å²) < 4.78 is 6.21. The molecule has 1 aliphatic rings. The summed E-state index contributed by atoms with van der Waals surface area (Å²) in [5.41, 5.74) is 1.54. The van der Waals surface area contributed by atoms with Gasteiger partial charge in [0, 0.05) is 4.91 Å². The molecule has 0 bridgehead atoms. The molecule has 126 valence electrons. The third-order valence-electron chi connectivity index (χ3n) is 4.67. The molecule has 24 heavy (non-hydrogen) atoms. The average Bonchev–Trinajstić information content (AvgIpc) is 2.86. The molecule has 1 aromatic rings. The molecule has 0 spiro atoms. The fraction of sp³-hybridized carbons (Fsp3) is 0.381. The first-order valence-corrected chi connectivity index (χ1v) is 9.14. The van der Waals surface area contributed by atoms with Gasteiger partial charge in [-0.1, -0.05) is 50.9 Å². The fourth-order valence-electron chi connectivity index (χ4n) is 3.01. The molecule has 2 nitrogen and oxygen atoms in total. The molecular formula is C21H25NOS. The van der Waals surface area contributed by atoms with Gasteiger partial charge in [0.25, 0.3) is 0 Å². The van der Waals surface area contributed by atoms with E-state index in [1.807, 2.05) is 31.2 Å². The van der Waals surface area contributed by atoms with E-state index in [0.717, 1.165) is 27.5 Å². The van der Waals surface area contributed by atoms with Gasteiger partial charge in [0.2, 0.25) is 0 Å². The molecular weight excluding hydrogens is 314 g/mol. The van der Waals surface area contributed by atoms with Gasteiger partial charge < -0.3 is 4.74 Å². The lowest BCUT2D eigenvalue weighted by Crippen LogP contribution is -2.21. The minimum Gasteiger partial charge on any atom is -0.490 e. The smallest absolute Gasteiger partial charge is 0.121 e. The van der Waals surface area contributed by atoms with E-state index in [4.69, 9.17) is 4.74 Å². The normalized spacial score (nSPS) is 23.6. The van der Waals surface area contributed by atoms with Crippen LogP contribution in [-0.2, 0) is 0 Å². The van der Waals surface area contributed by atoms with E-state index in [2.05, 4.69) is 33.1 Å². The first kappa shape index (κ1) is 18.4. The quantitative estimate of drug-likeness (QED) is 0.581. The maximum Gasteiger partial charge on any atom is 0.121 e. The van der Waals surface area contributed by atoms with Crippen LogP contribution < -0.4 is 4.74 Å². The molecule has 0 amide bonds. The molecule has 0 heterocycles. The number of hydrogen-bond acceptors (Lipinski definition) is 3. The van der Waals surface area contributed by atoms with E-state index in [-0.39, 0.29) is 6.10 Å². The summed E-state index contributed by atoms with van der Waals surface area (Å²) in [6.07, 6.45) is 6.21. The summed E-state index contributed by atoms with van der Waals surface area (Å²) >= 11 is 1.58. The Kier molecular flexibility index (Phi) is 6.34. The topological polar surface area (TPSA) is 33.0 Å². The van der Waals surface area contributed by atoms with Crippen molar-refractivity contribution in [2.75, 3.05) is 0 Å². The van der Waals surface area contributed by atoms with Crippen LogP contribution in [0.2, 0.25) is 0 Å². The molecule has 0 unspecified atom stereocenters. The molecule has 0 radical (unpaired) electrons. The van der Waals surface area contributed by atoms with Gasteiger partial charge in [0.1, 0.15) is 11.9 Å². The fourth-order valence-corrected chi connectivity index (χ4v) is 3.79. The maximum absolute atomic E-state index is 9.32. The summed E-state index contributed by atoms with van der Waals surface area (Å²) in [7, 11) is 0. The SMILES string of the molecule is C=C/C=C(/C)SC(=C)c1cc(C#N)cc(O[C@H]2CC[C@H](C)[C@H]2C)c1. The molecule has 1 saturated carbocycles. The van der Waals surface area contributed by atoms with Crippen molar-refractivity contribution >= 4 is 16.7 Å². The second-order valence-electron chi connectivity index (χ2n) is 6.47. The lowest BCUT2D eigenvalue weighted by atomic mass is 9.99. The molecule has 3 heteroatoms. The molecule has 1 aromatic carbocycles. The third-order valence-corrected chi connectivity index (χ3v) is 5.61. The summed E-state index contributed by atoms with van der Waals surface area (Å²) in [6, 6.07) is 7.91. The van der Waals surface area contributed by atoms with Crippen molar-refractivity contribution in [1.29, 1.82) is 5.26 Å². The summed E-state index contributed by atoms with van der Waals surface area (Å²) in [5.74, 6) is 1.99. The van der Waals surface area contributed by atoms with E-state index >= 15 is 0 Å². The Morgan fingerprint density at radius 3 is 2.67 bits per heavy atom. The highest BCUT2D eigenvalue weighted by Gasteiger charge is 2.31. The highest BCUT2D eigenvalue weighted by molar-refractivity contribution is 8.11. The number of allylic oxidation sites excluding steroid dienone is 3. The van der Waals surface area contributed by atoms with Crippen molar-refractivity contribution in [2.45, 2.75) is 39.7 Å². The Balaban J connectivity index is 2.21. The van der Waals surface area contributed by atoms with Crippen molar-refractivity contribution in [2.24, 2.45) is 11.8 Å². The third kappa shape index (κ3) is 4.55. The number of thioether (sulfide) groups is 1. The molecule has 1 fully saturated rings. The van der Waals surface area contributed by atoms with Crippen LogP contribution in [0.1, 0.15) is 44.7 Å². The van der Waals surface area contributed by atoms with Crippen LogP contribution in [-0.4, -0.2) is 6.10 Å². The van der Waals surface area contributed by atoms with Crippen molar-refractivity contribution in [3.63, 3.8) is 0 Å². The van der Waals surface area contributed by atoms with Crippen LogP contribution in [0.3, 0.4) is 0 Å². The standard InChI is InChI=1S/C21H25NOS/c1-6-7-15(3)24-17(5)19-10-18(13-22)11-20(12-19)23-21-9-8-14(2)16(21)4/h6-7,10-12,14,16,21H,1,5,8-9H2,2-4H3/b15-7-/t14-,16+,21-/m0/s1. The minimum atomic E-state index is 0.227. The number of hydrogen-bond donors (Lipinski definition) is 0. The van der Waals surface area contributed by atoms with Crippen molar-refractivity contribution in [1.82, 2.24) is 0 Å². The first-order chi connectivity index (χ1) is 11.4. The van der Waals surface area contributed by atoms with E-state index in [9.17, 15) is 5.26 Å². The molecule has 3 atom stereocenters. The highest BCUT2D eigenvalue weighted by atomic mass is 32.2. The maximum atomic E-state index is 9.32. The molecule has 0 saturated heterocycles. The van der Waals surface area contributed by atoms with Crippen LogP contribution in [0.4, 0.5) is 0 Å². The summed E-state index contributed by atoms with van der Waals surface area (Å²) in [4.78, 5) is 2.01.